The van der Waals surface area contributed by atoms with E-state index in [4.69, 9.17) is 0 Å². The molecule has 0 aliphatic carbocycles. The molecular weight excluding hydrogens is 204 g/mol. The number of carbonyl (C=O) groups excluding carboxylic acids is 1. The smallest absolute Gasteiger partial charge is 0.225 e. The molecule has 1 fully saturated rings. The molecular formula is C12H24N2O2. The Morgan fingerprint density at radius 1 is 1.25 bits per heavy atom. The fraction of sp³-hybridized carbons (Fsp3) is 0.917. The monoisotopic (exact) mass is 228 g/mol. The second-order valence-electron chi connectivity index (χ2n) is 5.44. The Morgan fingerprint density at radius 3 is 2.12 bits per heavy atom. The van der Waals surface area contributed by atoms with E-state index < -0.39 is 0 Å². The number of amides is 1. The quantitative estimate of drug-likeness (QED) is 0.767. The van der Waals surface area contributed by atoms with Gasteiger partial charge in [-0.25, -0.2) is 0 Å². The molecule has 0 atom stereocenters. The fourth-order valence-corrected chi connectivity index (χ4v) is 2.00. The molecule has 0 aromatic heterocycles. The van der Waals surface area contributed by atoms with Crippen LogP contribution in [0.2, 0.25) is 0 Å². The summed E-state index contributed by atoms with van der Waals surface area (Å²) in [6.07, 6.45) is 0. The average Bonchev–Trinajstić information content (AvgIpc) is 2.28. The fourth-order valence-electron chi connectivity index (χ4n) is 2.00. The highest BCUT2D eigenvalue weighted by atomic mass is 16.3. The minimum absolute atomic E-state index is 0.0809. The lowest BCUT2D eigenvalue weighted by atomic mass is 10.0. The molecule has 0 aromatic carbocycles. The Labute approximate surface area is 98.2 Å². The maximum absolute atomic E-state index is 11.8. The number of rotatable bonds is 3. The summed E-state index contributed by atoms with van der Waals surface area (Å²) in [4.78, 5) is 16.0. The molecule has 1 N–H and O–H groups in total. The number of piperazine rings is 1. The van der Waals surface area contributed by atoms with Crippen molar-refractivity contribution in [2.45, 2.75) is 33.2 Å². The number of aliphatic hydroxyl groups excluding tert-OH is 1. The first kappa shape index (κ1) is 13.5. The van der Waals surface area contributed by atoms with Crippen LogP contribution in [-0.4, -0.2) is 59.1 Å². The highest BCUT2D eigenvalue weighted by molar-refractivity contribution is 5.78. The molecule has 4 nitrogen and oxygen atoms in total. The maximum Gasteiger partial charge on any atom is 0.225 e. The van der Waals surface area contributed by atoms with Gasteiger partial charge < -0.3 is 10.0 Å². The van der Waals surface area contributed by atoms with E-state index in [1.165, 1.54) is 0 Å². The van der Waals surface area contributed by atoms with Gasteiger partial charge in [0.15, 0.2) is 0 Å². The van der Waals surface area contributed by atoms with E-state index in [-0.39, 0.29) is 24.0 Å². The predicted molar refractivity (Wildman–Crippen MR) is 64.2 cm³/mol. The minimum Gasteiger partial charge on any atom is -0.394 e. The van der Waals surface area contributed by atoms with Crippen LogP contribution < -0.4 is 0 Å². The van der Waals surface area contributed by atoms with Gasteiger partial charge in [-0.2, -0.15) is 0 Å². The summed E-state index contributed by atoms with van der Waals surface area (Å²) in [5.41, 5.74) is -0.174. The highest BCUT2D eigenvalue weighted by Gasteiger charge is 2.30. The molecule has 94 valence electrons. The second-order valence-corrected chi connectivity index (χ2v) is 5.44. The predicted octanol–water partition coefficient (Wildman–Crippen LogP) is 0.557. The van der Waals surface area contributed by atoms with Crippen LogP contribution in [0.5, 0.6) is 0 Å². The van der Waals surface area contributed by atoms with Crippen LogP contribution in [0.4, 0.5) is 0 Å². The summed E-state index contributed by atoms with van der Waals surface area (Å²) in [5, 5.41) is 9.29. The topological polar surface area (TPSA) is 43.8 Å². The third kappa shape index (κ3) is 2.95. The zero-order valence-electron chi connectivity index (χ0n) is 10.9. The van der Waals surface area contributed by atoms with Gasteiger partial charge in [0.1, 0.15) is 0 Å². The van der Waals surface area contributed by atoms with Crippen LogP contribution in [0, 0.1) is 5.92 Å². The van der Waals surface area contributed by atoms with Gasteiger partial charge in [-0.1, -0.05) is 13.8 Å². The lowest BCUT2D eigenvalue weighted by Gasteiger charge is -2.43. The van der Waals surface area contributed by atoms with Crippen molar-refractivity contribution in [1.82, 2.24) is 9.80 Å². The van der Waals surface area contributed by atoms with Gasteiger partial charge in [0.05, 0.1) is 6.61 Å². The molecule has 1 saturated heterocycles. The number of carbonyl (C=O) groups is 1. The zero-order chi connectivity index (χ0) is 12.3. The molecule has 0 spiro atoms. The first-order valence-corrected chi connectivity index (χ1v) is 6.03. The van der Waals surface area contributed by atoms with Crippen LogP contribution in [-0.2, 0) is 4.79 Å². The third-order valence-electron chi connectivity index (χ3n) is 3.33. The summed E-state index contributed by atoms with van der Waals surface area (Å²) in [7, 11) is 0. The van der Waals surface area contributed by atoms with Crippen LogP contribution in [0.3, 0.4) is 0 Å². The van der Waals surface area contributed by atoms with Crippen LogP contribution in [0.1, 0.15) is 27.7 Å². The van der Waals surface area contributed by atoms with Crippen molar-refractivity contribution in [3.05, 3.63) is 0 Å². The van der Waals surface area contributed by atoms with E-state index >= 15 is 0 Å². The molecule has 0 unspecified atom stereocenters. The van der Waals surface area contributed by atoms with Gasteiger partial charge in [-0.3, -0.25) is 9.69 Å². The summed E-state index contributed by atoms with van der Waals surface area (Å²) in [6.45, 7) is 11.4. The molecule has 1 heterocycles. The Hall–Kier alpha value is -0.610. The first-order valence-electron chi connectivity index (χ1n) is 6.03. The Kier molecular flexibility index (Phi) is 4.33. The van der Waals surface area contributed by atoms with Gasteiger partial charge in [0.25, 0.3) is 0 Å². The molecule has 0 radical (unpaired) electrons. The summed E-state index contributed by atoms with van der Waals surface area (Å²) < 4.78 is 0. The number of nitrogens with zero attached hydrogens (tertiary/aromatic N) is 2. The van der Waals surface area contributed by atoms with E-state index in [0.29, 0.717) is 0 Å². The molecule has 0 bridgehead atoms. The van der Waals surface area contributed by atoms with Gasteiger partial charge in [-0.05, 0) is 13.8 Å². The molecule has 1 amide bonds. The molecule has 1 aliphatic heterocycles. The maximum atomic E-state index is 11.8. The molecule has 4 heteroatoms. The van der Waals surface area contributed by atoms with Crippen molar-refractivity contribution in [2.75, 3.05) is 32.8 Å². The number of hydrogen-bond donors (Lipinski definition) is 1. The molecule has 16 heavy (non-hydrogen) atoms. The summed E-state index contributed by atoms with van der Waals surface area (Å²) >= 11 is 0. The van der Waals surface area contributed by atoms with Crippen LogP contribution >= 0.6 is 0 Å². The third-order valence-corrected chi connectivity index (χ3v) is 3.33. The van der Waals surface area contributed by atoms with Crippen LogP contribution in [0.15, 0.2) is 0 Å². The first-order chi connectivity index (χ1) is 7.38. The van der Waals surface area contributed by atoms with E-state index in [0.717, 1.165) is 26.2 Å². The standard InChI is InChI=1S/C12H24N2O2/c1-10(2)11(16)13-5-7-14(8-6-13)12(3,4)9-15/h10,15H,5-9H2,1-4H3. The lowest BCUT2D eigenvalue weighted by Crippen LogP contribution is -2.57. The second kappa shape index (κ2) is 5.15. The minimum atomic E-state index is -0.174. The SMILES string of the molecule is CC(C)C(=O)N1CCN(C(C)(C)CO)CC1. The number of aliphatic hydroxyl groups is 1. The van der Waals surface area contributed by atoms with Gasteiger partial charge in [-0.15, -0.1) is 0 Å². The molecule has 0 saturated carbocycles. The van der Waals surface area contributed by atoms with E-state index in [1.54, 1.807) is 0 Å². The van der Waals surface area contributed by atoms with E-state index in [1.807, 2.05) is 32.6 Å². The molecule has 1 rings (SSSR count). The van der Waals surface area contributed by atoms with Gasteiger partial charge in [0.2, 0.25) is 5.91 Å². The zero-order valence-corrected chi connectivity index (χ0v) is 10.9. The van der Waals surface area contributed by atoms with Crippen LogP contribution in [0.25, 0.3) is 0 Å². The van der Waals surface area contributed by atoms with Gasteiger partial charge >= 0.3 is 0 Å². The van der Waals surface area contributed by atoms with E-state index in [2.05, 4.69) is 4.90 Å². The van der Waals surface area contributed by atoms with E-state index in [9.17, 15) is 9.90 Å². The largest absolute Gasteiger partial charge is 0.394 e. The summed E-state index contributed by atoms with van der Waals surface area (Å²) in [6, 6.07) is 0. The highest BCUT2D eigenvalue weighted by Crippen LogP contribution is 2.17. The average molecular weight is 228 g/mol. The molecule has 1 aliphatic rings. The summed E-state index contributed by atoms with van der Waals surface area (Å²) in [5.74, 6) is 0.318. The molecule has 0 aromatic rings. The van der Waals surface area contributed by atoms with Gasteiger partial charge in [0, 0.05) is 37.6 Å². The van der Waals surface area contributed by atoms with Crippen molar-refractivity contribution in [3.8, 4) is 0 Å². The normalized spacial score (nSPS) is 19.2. The lowest BCUT2D eigenvalue weighted by molar-refractivity contribution is -0.137. The Morgan fingerprint density at radius 2 is 1.75 bits per heavy atom. The van der Waals surface area contributed by atoms with Crippen molar-refractivity contribution in [2.24, 2.45) is 5.92 Å². The number of hydrogen-bond acceptors (Lipinski definition) is 3. The van der Waals surface area contributed by atoms with Crippen molar-refractivity contribution >= 4 is 5.91 Å². The Balaban J connectivity index is 2.49. The Bertz CT molecular complexity index is 243. The van der Waals surface area contributed by atoms with Crippen molar-refractivity contribution in [3.63, 3.8) is 0 Å². The van der Waals surface area contributed by atoms with Crippen molar-refractivity contribution < 1.29 is 9.90 Å². The van der Waals surface area contributed by atoms with Crippen molar-refractivity contribution in [1.29, 1.82) is 0 Å².